The molecule has 0 saturated carbocycles. The number of carbonyl (C=O) groups excluding carboxylic acids is 2. The first kappa shape index (κ1) is 21.9. The molecule has 1 heterocycles. The smallest absolute Gasteiger partial charge is 0.304 e. The lowest BCUT2D eigenvalue weighted by Crippen LogP contribution is -2.52. The minimum Gasteiger partial charge on any atom is -0.496 e. The highest BCUT2D eigenvalue weighted by Crippen LogP contribution is 2.30. The number of ketones is 1. The minimum atomic E-state index is -1.61. The minimum absolute atomic E-state index is 0.0107. The fourth-order valence-corrected chi connectivity index (χ4v) is 3.48. The van der Waals surface area contributed by atoms with E-state index in [2.05, 4.69) is 24.9 Å². The molecule has 2 rings (SSSR count). The molecule has 0 amide bonds. The number of aromatic nitrogens is 1. The van der Waals surface area contributed by atoms with E-state index < -0.39 is 17.4 Å². The zero-order chi connectivity index (χ0) is 21.1. The van der Waals surface area contributed by atoms with Gasteiger partial charge in [-0.25, -0.2) is 0 Å². The molecule has 2 atom stereocenters. The van der Waals surface area contributed by atoms with Gasteiger partial charge in [0.05, 0.1) is 17.8 Å². The van der Waals surface area contributed by atoms with Crippen molar-refractivity contribution in [2.45, 2.75) is 46.6 Å². The van der Waals surface area contributed by atoms with Crippen molar-refractivity contribution in [1.29, 1.82) is 0 Å². The van der Waals surface area contributed by atoms with Crippen molar-refractivity contribution in [3.05, 3.63) is 46.1 Å². The van der Waals surface area contributed by atoms with E-state index in [0.29, 0.717) is 22.0 Å². The maximum atomic E-state index is 12.9. The predicted molar refractivity (Wildman–Crippen MR) is 111 cm³/mol. The van der Waals surface area contributed by atoms with Gasteiger partial charge in [0.2, 0.25) is 11.4 Å². The van der Waals surface area contributed by atoms with E-state index in [0.717, 1.165) is 12.0 Å². The molecule has 150 valence electrons. The third-order valence-corrected chi connectivity index (χ3v) is 5.11. The summed E-state index contributed by atoms with van der Waals surface area (Å²) in [6.45, 7) is 9.04. The number of Topliss-reactive ketones (excluding diaryl/α,β-unsaturated/α-hetero) is 1. The van der Waals surface area contributed by atoms with Crippen LogP contribution in [0.3, 0.4) is 0 Å². The van der Waals surface area contributed by atoms with E-state index >= 15 is 0 Å². The fourth-order valence-electron chi connectivity index (χ4n) is 3.14. The quantitative estimate of drug-likeness (QED) is 0.539. The summed E-state index contributed by atoms with van der Waals surface area (Å²) in [5.41, 5.74) is 0.180. The molecular formula is C22H26ClNO4. The number of ether oxygens (including phenoxy) is 2. The van der Waals surface area contributed by atoms with Crippen molar-refractivity contribution < 1.29 is 19.1 Å². The normalized spacial score (nSPS) is 21.0. The monoisotopic (exact) mass is 403 g/mol. The summed E-state index contributed by atoms with van der Waals surface area (Å²) in [6.07, 6.45) is 8.70. The Hall–Kier alpha value is -2.40. The molecule has 0 spiro atoms. The highest BCUT2D eigenvalue weighted by Gasteiger charge is 2.46. The first-order chi connectivity index (χ1) is 13.1. The lowest BCUT2D eigenvalue weighted by molar-refractivity contribution is -0.157. The molecule has 1 aromatic rings. The van der Waals surface area contributed by atoms with Gasteiger partial charge in [-0.3, -0.25) is 14.6 Å². The number of pyridine rings is 1. The van der Waals surface area contributed by atoms with E-state index in [1.54, 1.807) is 12.3 Å². The number of allylic oxidation sites excluding steroid dienone is 3. The van der Waals surface area contributed by atoms with Crippen LogP contribution in [-0.4, -0.2) is 29.4 Å². The molecule has 0 saturated heterocycles. The molecule has 0 radical (unpaired) electrons. The number of nitrogens with zero attached hydrogens (tertiary/aromatic N) is 1. The summed E-state index contributed by atoms with van der Waals surface area (Å²) in [6, 6.07) is 1.73. The summed E-state index contributed by atoms with van der Waals surface area (Å²) in [4.78, 5) is 28.8. The first-order valence-electron chi connectivity index (χ1n) is 9.19. The standard InChI is InChI=1S/C22H26ClNO4/c1-7-13(2)10-14(3)8-9-16-11-17-18(12-24-16)21(27-6)22(5,28-15(4)25)20(26)19(17)23/h8-13H,7H2,1-6H3/b9-8+,14-10+. The van der Waals surface area contributed by atoms with E-state index in [4.69, 9.17) is 21.1 Å². The highest BCUT2D eigenvalue weighted by atomic mass is 35.5. The number of hydrogen-bond donors (Lipinski definition) is 0. The van der Waals surface area contributed by atoms with Crippen LogP contribution in [-0.2, 0) is 19.1 Å². The molecule has 5 nitrogen and oxygen atoms in total. The van der Waals surface area contributed by atoms with Crippen LogP contribution in [0.1, 0.15) is 46.7 Å². The van der Waals surface area contributed by atoms with Crippen LogP contribution in [0.5, 0.6) is 0 Å². The van der Waals surface area contributed by atoms with Crippen LogP contribution in [0.2, 0.25) is 0 Å². The third-order valence-electron chi connectivity index (χ3n) is 4.73. The molecular weight excluding hydrogens is 378 g/mol. The van der Waals surface area contributed by atoms with Crippen LogP contribution < -0.4 is 10.4 Å². The lowest BCUT2D eigenvalue weighted by atomic mass is 9.90. The Bertz CT molecular complexity index is 977. The summed E-state index contributed by atoms with van der Waals surface area (Å²) in [7, 11) is 1.42. The Kier molecular flexibility index (Phi) is 6.83. The molecule has 6 heteroatoms. The summed E-state index contributed by atoms with van der Waals surface area (Å²) in [5, 5.41) is 1.02. The van der Waals surface area contributed by atoms with Crippen molar-refractivity contribution in [2.24, 2.45) is 5.92 Å². The Balaban J connectivity index is 2.59. The van der Waals surface area contributed by atoms with Gasteiger partial charge in [-0.2, -0.15) is 0 Å². The average Bonchev–Trinajstić information content (AvgIpc) is 2.64. The van der Waals surface area contributed by atoms with Gasteiger partial charge < -0.3 is 9.47 Å². The van der Waals surface area contributed by atoms with Crippen molar-refractivity contribution in [1.82, 2.24) is 4.98 Å². The van der Waals surface area contributed by atoms with Crippen molar-refractivity contribution in [2.75, 3.05) is 7.11 Å². The molecule has 1 aliphatic carbocycles. The van der Waals surface area contributed by atoms with E-state index in [1.165, 1.54) is 21.0 Å². The Morgan fingerprint density at radius 2 is 2.04 bits per heavy atom. The molecule has 28 heavy (non-hydrogen) atoms. The molecule has 1 aromatic heterocycles. The summed E-state index contributed by atoms with van der Waals surface area (Å²) < 4.78 is 10.7. The van der Waals surface area contributed by atoms with Gasteiger partial charge in [0.25, 0.3) is 0 Å². The van der Waals surface area contributed by atoms with E-state index in [9.17, 15) is 9.59 Å². The molecule has 0 aromatic carbocycles. The fraction of sp³-hybridized carbons (Fsp3) is 0.409. The zero-order valence-electron chi connectivity index (χ0n) is 17.1. The van der Waals surface area contributed by atoms with Crippen LogP contribution in [0.15, 0.2) is 30.0 Å². The number of esters is 1. The van der Waals surface area contributed by atoms with Gasteiger partial charge in [0.15, 0.2) is 5.76 Å². The molecule has 0 fully saturated rings. The Morgan fingerprint density at radius 1 is 1.36 bits per heavy atom. The lowest BCUT2D eigenvalue weighted by Gasteiger charge is -2.31. The average molecular weight is 404 g/mol. The maximum Gasteiger partial charge on any atom is 0.304 e. The first-order valence-corrected chi connectivity index (χ1v) is 9.57. The van der Waals surface area contributed by atoms with Gasteiger partial charge in [0.1, 0.15) is 0 Å². The van der Waals surface area contributed by atoms with Gasteiger partial charge in [-0.1, -0.05) is 49.6 Å². The topological polar surface area (TPSA) is 65.5 Å². The Labute approximate surface area is 170 Å². The third kappa shape index (κ3) is 4.36. The van der Waals surface area contributed by atoms with Gasteiger partial charge in [-0.15, -0.1) is 0 Å². The van der Waals surface area contributed by atoms with E-state index in [-0.39, 0.29) is 10.8 Å². The van der Waals surface area contributed by atoms with Crippen molar-refractivity contribution in [3.63, 3.8) is 0 Å². The zero-order valence-corrected chi connectivity index (χ0v) is 17.9. The second-order valence-corrected chi connectivity index (χ2v) is 7.47. The summed E-state index contributed by atoms with van der Waals surface area (Å²) >= 11 is 6.35. The SMILES string of the molecule is CCC(C)/C=C(C)/C=C/c1cc2c(cn1)=C(OC)C(C)(OC(C)=O)C(=O)C=2Cl. The number of carbonyl (C=O) groups is 2. The van der Waals surface area contributed by atoms with Crippen LogP contribution in [0, 0.1) is 5.92 Å². The molecule has 0 aliphatic heterocycles. The van der Waals surface area contributed by atoms with Gasteiger partial charge >= 0.3 is 5.97 Å². The number of hydrogen-bond acceptors (Lipinski definition) is 5. The maximum absolute atomic E-state index is 12.9. The summed E-state index contributed by atoms with van der Waals surface area (Å²) in [5.74, 6) is -0.417. The molecule has 2 unspecified atom stereocenters. The van der Waals surface area contributed by atoms with Crippen LogP contribution >= 0.6 is 11.6 Å². The van der Waals surface area contributed by atoms with Gasteiger partial charge in [-0.05, 0) is 31.9 Å². The second kappa shape index (κ2) is 8.74. The number of rotatable bonds is 6. The molecule has 0 bridgehead atoms. The second-order valence-electron chi connectivity index (χ2n) is 7.09. The molecule has 0 N–H and O–H groups in total. The Morgan fingerprint density at radius 3 is 2.61 bits per heavy atom. The number of halogens is 1. The van der Waals surface area contributed by atoms with Crippen LogP contribution in [0.4, 0.5) is 0 Å². The number of fused-ring (bicyclic) bond motifs is 1. The largest absolute Gasteiger partial charge is 0.496 e. The van der Waals surface area contributed by atoms with Crippen molar-refractivity contribution >= 4 is 40.2 Å². The van der Waals surface area contributed by atoms with Gasteiger partial charge in [0, 0.05) is 23.6 Å². The highest BCUT2D eigenvalue weighted by molar-refractivity contribution is 6.62. The molecule has 1 aliphatic rings. The van der Waals surface area contributed by atoms with Crippen molar-refractivity contribution in [3.8, 4) is 0 Å². The van der Waals surface area contributed by atoms with E-state index in [1.807, 2.05) is 19.1 Å². The predicted octanol–water partition coefficient (Wildman–Crippen LogP) is 3.09. The van der Waals surface area contributed by atoms with Crippen LogP contribution in [0.25, 0.3) is 16.9 Å². The number of methoxy groups -OCH3 is 1.